The molecule has 0 saturated heterocycles. The number of nitrogens with two attached hydrogens (primary N) is 1. The van der Waals surface area contributed by atoms with E-state index in [1.54, 1.807) is 27.3 Å². The van der Waals surface area contributed by atoms with E-state index in [9.17, 15) is 14.7 Å². The summed E-state index contributed by atoms with van der Waals surface area (Å²) in [5.74, 6) is -2.15. The van der Waals surface area contributed by atoms with Crippen LogP contribution in [0.5, 0.6) is 0 Å². The SMILES string of the molecule is C[N+](C)(C)[C@@H](Cc1cnc([Se]C[C@H](N)C(=O)O)[nH]1)C(=O)[O-]. The monoisotopic (exact) mass is 364 g/mol. The summed E-state index contributed by atoms with van der Waals surface area (Å²) in [7, 11) is 5.36. The summed E-state index contributed by atoms with van der Waals surface area (Å²) in [6.07, 6.45) is 1.86. The van der Waals surface area contributed by atoms with Crippen LogP contribution in [-0.2, 0) is 16.0 Å². The zero-order chi connectivity index (χ0) is 16.2. The molecule has 0 aliphatic heterocycles. The quantitative estimate of drug-likeness (QED) is 0.332. The molecule has 1 rings (SSSR count). The van der Waals surface area contributed by atoms with Crippen LogP contribution in [0, 0.1) is 0 Å². The number of quaternary nitrogens is 1. The molecule has 4 N–H and O–H groups in total. The van der Waals surface area contributed by atoms with Gasteiger partial charge in [0.25, 0.3) is 0 Å². The van der Waals surface area contributed by atoms with E-state index >= 15 is 0 Å². The molecule has 0 unspecified atom stereocenters. The van der Waals surface area contributed by atoms with Crippen molar-refractivity contribution in [2.45, 2.75) is 23.8 Å². The van der Waals surface area contributed by atoms with Crippen molar-refractivity contribution >= 4 is 31.6 Å². The van der Waals surface area contributed by atoms with Gasteiger partial charge >= 0.3 is 128 Å². The van der Waals surface area contributed by atoms with Crippen molar-refractivity contribution in [1.82, 2.24) is 9.97 Å². The number of carboxylic acids is 2. The fourth-order valence-electron chi connectivity index (χ4n) is 1.64. The molecule has 0 amide bonds. The van der Waals surface area contributed by atoms with E-state index in [4.69, 9.17) is 10.8 Å². The Morgan fingerprint density at radius 3 is 2.62 bits per heavy atom. The minimum atomic E-state index is -1.11. The molecule has 0 bridgehead atoms. The first-order valence-corrected chi connectivity index (χ1v) is 8.35. The molecular weight excluding hydrogens is 343 g/mol. The van der Waals surface area contributed by atoms with Crippen LogP contribution in [0.25, 0.3) is 0 Å². The number of imidazole rings is 1. The van der Waals surface area contributed by atoms with Gasteiger partial charge in [0.05, 0.1) is 0 Å². The van der Waals surface area contributed by atoms with Crippen LogP contribution < -0.4 is 15.6 Å². The molecule has 21 heavy (non-hydrogen) atoms. The third-order valence-electron chi connectivity index (χ3n) is 2.94. The van der Waals surface area contributed by atoms with Gasteiger partial charge in [0, 0.05) is 0 Å². The van der Waals surface area contributed by atoms with Gasteiger partial charge in [0.2, 0.25) is 0 Å². The van der Waals surface area contributed by atoms with Gasteiger partial charge in [-0.2, -0.15) is 0 Å². The maximum atomic E-state index is 11.2. The molecule has 9 heteroatoms. The van der Waals surface area contributed by atoms with E-state index in [-0.39, 0.29) is 25.9 Å². The zero-order valence-electron chi connectivity index (χ0n) is 12.2. The molecule has 1 heterocycles. The van der Waals surface area contributed by atoms with Crippen LogP contribution in [0.15, 0.2) is 6.20 Å². The Hall–Kier alpha value is -1.41. The number of rotatable bonds is 8. The second-order valence-corrected chi connectivity index (χ2v) is 7.74. The fourth-order valence-corrected chi connectivity index (χ4v) is 3.34. The first-order valence-electron chi connectivity index (χ1n) is 6.28. The fraction of sp³-hybridized carbons (Fsp3) is 0.583. The van der Waals surface area contributed by atoms with Gasteiger partial charge in [-0.1, -0.05) is 0 Å². The number of H-pyrrole nitrogens is 1. The van der Waals surface area contributed by atoms with E-state index < -0.39 is 24.0 Å². The summed E-state index contributed by atoms with van der Waals surface area (Å²) >= 11 is -0.191. The van der Waals surface area contributed by atoms with E-state index in [1.165, 1.54) is 0 Å². The van der Waals surface area contributed by atoms with Crippen molar-refractivity contribution in [3.8, 4) is 0 Å². The molecule has 0 saturated carbocycles. The summed E-state index contributed by atoms with van der Waals surface area (Å²) in [5.41, 5.74) is 6.13. The van der Waals surface area contributed by atoms with Crippen molar-refractivity contribution in [3.05, 3.63) is 11.9 Å². The van der Waals surface area contributed by atoms with Crippen molar-refractivity contribution in [1.29, 1.82) is 0 Å². The number of hydrogen-bond donors (Lipinski definition) is 3. The van der Waals surface area contributed by atoms with Gasteiger partial charge in [0.1, 0.15) is 0 Å². The molecule has 8 nitrogen and oxygen atoms in total. The van der Waals surface area contributed by atoms with Gasteiger partial charge in [-0.05, 0) is 0 Å². The van der Waals surface area contributed by atoms with Crippen molar-refractivity contribution < 1.29 is 24.3 Å². The molecule has 0 fully saturated rings. The number of carbonyl (C=O) groups is 2. The second kappa shape index (κ2) is 7.04. The number of aromatic amines is 1. The Morgan fingerprint density at radius 1 is 1.52 bits per heavy atom. The van der Waals surface area contributed by atoms with Gasteiger partial charge in [-0.3, -0.25) is 0 Å². The summed E-state index contributed by atoms with van der Waals surface area (Å²) in [6.45, 7) is 0. The maximum absolute atomic E-state index is 11.2. The number of aliphatic carboxylic acids is 2. The van der Waals surface area contributed by atoms with Crippen LogP contribution in [0.2, 0.25) is 5.32 Å². The average Bonchev–Trinajstić information content (AvgIpc) is 2.78. The molecule has 0 aromatic carbocycles. The first-order chi connectivity index (χ1) is 9.61. The van der Waals surface area contributed by atoms with E-state index in [2.05, 4.69) is 9.97 Å². The number of likely N-dealkylation sites (N-methyl/N-ethyl adjacent to an activating group) is 1. The number of carboxylic acid groups (broad SMARTS) is 2. The number of carbonyl (C=O) groups excluding carboxylic acids is 1. The van der Waals surface area contributed by atoms with Crippen LogP contribution in [0.1, 0.15) is 5.69 Å². The zero-order valence-corrected chi connectivity index (χ0v) is 13.9. The molecule has 0 aliphatic rings. The summed E-state index contributed by atoms with van der Waals surface area (Å²) < 4.78 is 0.902. The first kappa shape index (κ1) is 17.6. The number of nitrogens with one attached hydrogen (secondary N) is 1. The molecule has 2 atom stereocenters. The molecule has 0 aliphatic carbocycles. The predicted molar refractivity (Wildman–Crippen MR) is 74.9 cm³/mol. The van der Waals surface area contributed by atoms with Gasteiger partial charge < -0.3 is 0 Å². The van der Waals surface area contributed by atoms with Gasteiger partial charge in [-0.25, -0.2) is 0 Å². The topological polar surface area (TPSA) is 132 Å². The van der Waals surface area contributed by atoms with Crippen molar-refractivity contribution in [2.75, 3.05) is 21.1 Å². The van der Waals surface area contributed by atoms with Crippen LogP contribution >= 0.6 is 0 Å². The third kappa shape index (κ3) is 5.47. The van der Waals surface area contributed by atoms with Crippen molar-refractivity contribution in [3.63, 3.8) is 0 Å². The van der Waals surface area contributed by atoms with E-state index in [1.807, 2.05) is 0 Å². The molecule has 1 aromatic rings. The summed E-state index contributed by atoms with van der Waals surface area (Å²) in [5, 5.41) is 20.3. The van der Waals surface area contributed by atoms with Crippen LogP contribution in [0.3, 0.4) is 0 Å². The number of hydrogen-bond acceptors (Lipinski definition) is 5. The third-order valence-corrected chi connectivity index (χ3v) is 5.05. The molecular formula is C12H20N4O4Se. The average molecular weight is 363 g/mol. The molecule has 0 radical (unpaired) electrons. The van der Waals surface area contributed by atoms with Crippen molar-refractivity contribution in [2.24, 2.45) is 5.73 Å². The Bertz CT molecular complexity index is 512. The van der Waals surface area contributed by atoms with Crippen LogP contribution in [0.4, 0.5) is 0 Å². The Kier molecular flexibility index (Phi) is 5.91. The Labute approximate surface area is 129 Å². The minimum absolute atomic E-state index is 0.191. The molecule has 118 valence electrons. The number of aromatic nitrogens is 2. The van der Waals surface area contributed by atoms with E-state index in [0.29, 0.717) is 15.7 Å². The molecule has 1 aromatic heterocycles. The summed E-state index contributed by atoms with van der Waals surface area (Å²) in [4.78, 5) is 29.0. The summed E-state index contributed by atoms with van der Waals surface area (Å²) in [6, 6.07) is -1.59. The van der Waals surface area contributed by atoms with Gasteiger partial charge in [0.15, 0.2) is 0 Å². The normalized spacial score (nSPS) is 14.7. The van der Waals surface area contributed by atoms with Crippen LogP contribution in [-0.4, -0.2) is 79.7 Å². The van der Waals surface area contributed by atoms with E-state index in [0.717, 1.165) is 0 Å². The predicted octanol–water partition coefficient (Wildman–Crippen LogP) is -3.06. The number of nitrogens with zero attached hydrogens (tertiary/aromatic N) is 2. The Balaban J connectivity index is 2.66. The standard InChI is InChI=1S/C12H20N4O4Se/c1-16(2,3)9(11(19)20)4-7-5-14-12(15-7)21-6-8(13)10(17)18/h5,8-9H,4,6,13H2,1-3H3,(H2-,14,15,17,18,19,20)/t8-,9-/m0/s1. The molecule has 0 spiro atoms. The van der Waals surface area contributed by atoms with Gasteiger partial charge in [-0.15, -0.1) is 0 Å². The second-order valence-electron chi connectivity index (χ2n) is 5.62. The Morgan fingerprint density at radius 2 is 2.14 bits per heavy atom.